The van der Waals surface area contributed by atoms with Gasteiger partial charge >= 0.3 is 0 Å². The van der Waals surface area contributed by atoms with Crippen molar-refractivity contribution in [3.8, 4) is 0 Å². The lowest BCUT2D eigenvalue weighted by molar-refractivity contribution is 0.282. The van der Waals surface area contributed by atoms with Crippen LogP contribution in [-0.4, -0.2) is 11.7 Å². The van der Waals surface area contributed by atoms with Crippen molar-refractivity contribution in [2.45, 2.75) is 44.9 Å². The first-order valence-electron chi connectivity index (χ1n) is 8.40. The molecule has 0 aromatic heterocycles. The first-order chi connectivity index (χ1) is 10.9. The van der Waals surface area contributed by atoms with Gasteiger partial charge in [0.05, 0.1) is 0 Å². The van der Waals surface area contributed by atoms with Crippen molar-refractivity contribution in [1.29, 1.82) is 0 Å². The van der Waals surface area contributed by atoms with E-state index in [0.29, 0.717) is 6.61 Å². The highest BCUT2D eigenvalue weighted by molar-refractivity contribution is 5.59. The van der Waals surface area contributed by atoms with Gasteiger partial charge in [-0.3, -0.25) is 0 Å². The summed E-state index contributed by atoms with van der Waals surface area (Å²) in [6, 6.07) is 19.0. The molecule has 2 heteroatoms. The van der Waals surface area contributed by atoms with Crippen molar-refractivity contribution < 1.29 is 5.11 Å². The van der Waals surface area contributed by atoms with Crippen molar-refractivity contribution in [1.82, 2.24) is 0 Å². The Labute approximate surface area is 134 Å². The molecule has 0 spiro atoms. The Kier molecular flexibility index (Phi) is 7.54. The molecule has 2 N–H and O–H groups in total. The smallest absolute Gasteiger partial charge is 0.0431 e. The summed E-state index contributed by atoms with van der Waals surface area (Å²) >= 11 is 0. The van der Waals surface area contributed by atoms with Gasteiger partial charge in [0.2, 0.25) is 0 Å². The number of nitrogens with one attached hydrogen (secondary N) is 1. The third-order valence-corrected chi connectivity index (χ3v) is 3.89. The van der Waals surface area contributed by atoms with Crippen LogP contribution in [0.1, 0.15) is 44.1 Å². The summed E-state index contributed by atoms with van der Waals surface area (Å²) < 4.78 is 0. The minimum absolute atomic E-state index is 0.337. The van der Waals surface area contributed by atoms with Crippen LogP contribution in [0.3, 0.4) is 0 Å². The number of aliphatic hydroxyl groups is 1. The van der Waals surface area contributed by atoms with E-state index in [1.165, 1.54) is 31.2 Å². The number of aryl methyl sites for hydroxylation is 1. The van der Waals surface area contributed by atoms with Gasteiger partial charge in [0.1, 0.15) is 0 Å². The van der Waals surface area contributed by atoms with Crippen molar-refractivity contribution >= 4 is 11.4 Å². The molecule has 0 saturated carbocycles. The van der Waals surface area contributed by atoms with Crippen LogP contribution in [0.4, 0.5) is 11.4 Å². The van der Waals surface area contributed by atoms with E-state index >= 15 is 0 Å². The van der Waals surface area contributed by atoms with E-state index < -0.39 is 0 Å². The average Bonchev–Trinajstić information content (AvgIpc) is 2.56. The van der Waals surface area contributed by atoms with Crippen molar-refractivity contribution in [3.63, 3.8) is 0 Å². The van der Waals surface area contributed by atoms with Gasteiger partial charge in [0, 0.05) is 18.0 Å². The molecule has 0 bridgehead atoms. The molecule has 0 fully saturated rings. The SMILES string of the molecule is OCCCCCCCCc1ccc(Nc2ccccc2)cc1. The van der Waals surface area contributed by atoms with Gasteiger partial charge in [0.25, 0.3) is 0 Å². The minimum Gasteiger partial charge on any atom is -0.396 e. The molecule has 118 valence electrons. The number of para-hydroxylation sites is 1. The predicted octanol–water partition coefficient (Wildman–Crippen LogP) is 5.31. The Bertz CT molecular complexity index is 507. The average molecular weight is 297 g/mol. The lowest BCUT2D eigenvalue weighted by Gasteiger charge is -2.07. The molecule has 2 rings (SSSR count). The van der Waals surface area contributed by atoms with Gasteiger partial charge in [0.15, 0.2) is 0 Å². The van der Waals surface area contributed by atoms with E-state index in [0.717, 1.165) is 30.6 Å². The third kappa shape index (κ3) is 6.31. The van der Waals surface area contributed by atoms with Crippen LogP contribution in [0, 0.1) is 0 Å². The number of rotatable bonds is 10. The molecule has 0 saturated heterocycles. The van der Waals surface area contributed by atoms with E-state index in [2.05, 4.69) is 41.7 Å². The van der Waals surface area contributed by atoms with E-state index in [1.807, 2.05) is 18.2 Å². The van der Waals surface area contributed by atoms with Crippen molar-refractivity contribution in [2.75, 3.05) is 11.9 Å². The number of unbranched alkanes of at least 4 members (excludes halogenated alkanes) is 5. The molecule has 0 unspecified atom stereocenters. The lowest BCUT2D eigenvalue weighted by atomic mass is 10.0. The number of benzene rings is 2. The van der Waals surface area contributed by atoms with E-state index in [4.69, 9.17) is 5.11 Å². The quantitative estimate of drug-likeness (QED) is 0.583. The molecule has 22 heavy (non-hydrogen) atoms. The summed E-state index contributed by atoms with van der Waals surface area (Å²) in [5.41, 5.74) is 3.67. The fraction of sp³-hybridized carbons (Fsp3) is 0.400. The molecular formula is C20H27NO. The van der Waals surface area contributed by atoms with E-state index in [9.17, 15) is 0 Å². The van der Waals surface area contributed by atoms with Crippen LogP contribution in [0.2, 0.25) is 0 Å². The largest absolute Gasteiger partial charge is 0.396 e. The summed E-state index contributed by atoms with van der Waals surface area (Å²) in [7, 11) is 0. The highest BCUT2D eigenvalue weighted by Gasteiger charge is 1.97. The molecule has 0 radical (unpaired) electrons. The van der Waals surface area contributed by atoms with Crippen LogP contribution in [0.25, 0.3) is 0 Å². The molecule has 2 nitrogen and oxygen atoms in total. The topological polar surface area (TPSA) is 32.3 Å². The number of hydrogen-bond acceptors (Lipinski definition) is 2. The Balaban J connectivity index is 1.66. The van der Waals surface area contributed by atoms with Gasteiger partial charge in [-0.1, -0.05) is 56.0 Å². The zero-order valence-corrected chi connectivity index (χ0v) is 13.3. The van der Waals surface area contributed by atoms with Gasteiger partial charge in [-0.05, 0) is 49.1 Å². The summed E-state index contributed by atoms with van der Waals surface area (Å²) in [6.07, 6.45) is 8.35. The highest BCUT2D eigenvalue weighted by atomic mass is 16.2. The highest BCUT2D eigenvalue weighted by Crippen LogP contribution is 2.17. The zero-order chi connectivity index (χ0) is 15.5. The first kappa shape index (κ1) is 16.6. The maximum Gasteiger partial charge on any atom is 0.0431 e. The fourth-order valence-corrected chi connectivity index (χ4v) is 2.59. The van der Waals surface area contributed by atoms with Gasteiger partial charge in [-0.2, -0.15) is 0 Å². The maximum absolute atomic E-state index is 8.73. The van der Waals surface area contributed by atoms with Crippen LogP contribution in [0.5, 0.6) is 0 Å². The minimum atomic E-state index is 0.337. The first-order valence-corrected chi connectivity index (χ1v) is 8.40. The van der Waals surface area contributed by atoms with E-state index in [1.54, 1.807) is 0 Å². The van der Waals surface area contributed by atoms with Crippen LogP contribution in [0.15, 0.2) is 54.6 Å². The lowest BCUT2D eigenvalue weighted by Crippen LogP contribution is -1.91. The molecule has 0 heterocycles. The van der Waals surface area contributed by atoms with Crippen LogP contribution < -0.4 is 5.32 Å². The second-order valence-electron chi connectivity index (χ2n) is 5.78. The molecule has 0 aliphatic rings. The monoisotopic (exact) mass is 297 g/mol. The third-order valence-electron chi connectivity index (χ3n) is 3.89. The molecule has 0 atom stereocenters. The molecule has 0 aliphatic carbocycles. The predicted molar refractivity (Wildman–Crippen MR) is 94.7 cm³/mol. The summed E-state index contributed by atoms with van der Waals surface area (Å²) in [5.74, 6) is 0. The Morgan fingerprint density at radius 1 is 0.636 bits per heavy atom. The fourth-order valence-electron chi connectivity index (χ4n) is 2.59. The summed E-state index contributed by atoms with van der Waals surface area (Å²) in [4.78, 5) is 0. The van der Waals surface area contributed by atoms with Gasteiger partial charge in [-0.15, -0.1) is 0 Å². The molecule has 2 aromatic carbocycles. The van der Waals surface area contributed by atoms with Gasteiger partial charge < -0.3 is 10.4 Å². The normalized spacial score (nSPS) is 10.6. The Hall–Kier alpha value is -1.80. The summed E-state index contributed by atoms with van der Waals surface area (Å²) in [5, 5.41) is 12.1. The van der Waals surface area contributed by atoms with Crippen molar-refractivity contribution in [2.24, 2.45) is 0 Å². The van der Waals surface area contributed by atoms with Crippen LogP contribution in [-0.2, 0) is 6.42 Å². The number of aliphatic hydroxyl groups excluding tert-OH is 1. The van der Waals surface area contributed by atoms with Gasteiger partial charge in [-0.25, -0.2) is 0 Å². The Morgan fingerprint density at radius 3 is 1.91 bits per heavy atom. The molecular weight excluding hydrogens is 270 g/mol. The van der Waals surface area contributed by atoms with Crippen molar-refractivity contribution in [3.05, 3.63) is 60.2 Å². The second-order valence-corrected chi connectivity index (χ2v) is 5.78. The standard InChI is InChI=1S/C20H27NO/c22-17-9-4-2-1-3-6-10-18-13-15-20(16-14-18)21-19-11-7-5-8-12-19/h5,7-8,11-16,21-22H,1-4,6,9-10,17H2. The molecule has 0 aliphatic heterocycles. The second kappa shape index (κ2) is 10.0. The maximum atomic E-state index is 8.73. The summed E-state index contributed by atoms with van der Waals surface area (Å²) in [6.45, 7) is 0.337. The number of hydrogen-bond donors (Lipinski definition) is 2. The Morgan fingerprint density at radius 2 is 1.23 bits per heavy atom. The number of anilines is 2. The zero-order valence-electron chi connectivity index (χ0n) is 13.3. The van der Waals surface area contributed by atoms with Crippen LogP contribution >= 0.6 is 0 Å². The molecule has 0 amide bonds. The molecule has 2 aromatic rings. The van der Waals surface area contributed by atoms with E-state index in [-0.39, 0.29) is 0 Å².